The lowest BCUT2D eigenvalue weighted by Crippen LogP contribution is -2.62. The van der Waals surface area contributed by atoms with E-state index in [1.54, 1.807) is 20.8 Å². The molecule has 226 valence electrons. The largest absolute Gasteiger partial charge is 0.475 e. The van der Waals surface area contributed by atoms with Crippen LogP contribution >= 0.6 is 0 Å². The lowest BCUT2D eigenvalue weighted by molar-refractivity contribution is -0.300. The first kappa shape index (κ1) is 31.6. The molecule has 40 heavy (non-hydrogen) atoms. The first-order valence-corrected chi connectivity index (χ1v) is 12.0. The van der Waals surface area contributed by atoms with Gasteiger partial charge in [-0.15, -0.1) is 0 Å². The lowest BCUT2D eigenvalue weighted by atomic mass is 9.94. The summed E-state index contributed by atoms with van der Waals surface area (Å²) in [6.45, 7) is 1.78. The number of carbonyl (C=O) groups excluding carboxylic acids is 1. The van der Waals surface area contributed by atoms with Crippen molar-refractivity contribution in [3.63, 3.8) is 0 Å². The zero-order valence-corrected chi connectivity index (χ0v) is 21.5. The molecule has 1 aromatic rings. The van der Waals surface area contributed by atoms with Gasteiger partial charge in [0.1, 0.15) is 11.4 Å². The number of amides is 1. The van der Waals surface area contributed by atoms with Crippen LogP contribution in [0.4, 0.5) is 44.3 Å². The van der Waals surface area contributed by atoms with Crippen molar-refractivity contribution in [3.05, 3.63) is 29.3 Å². The van der Waals surface area contributed by atoms with Gasteiger partial charge in [-0.05, 0) is 26.8 Å². The maximum Gasteiger partial charge on any atom is 0.419 e. The summed E-state index contributed by atoms with van der Waals surface area (Å²) in [5.74, 6) is -5.76. The van der Waals surface area contributed by atoms with E-state index in [9.17, 15) is 54.2 Å². The van der Waals surface area contributed by atoms with Crippen LogP contribution in [0.3, 0.4) is 0 Å². The predicted octanol–water partition coefficient (Wildman–Crippen LogP) is 5.86. The summed E-state index contributed by atoms with van der Waals surface area (Å²) in [6.07, 6.45) is -18.7. The molecule has 1 aliphatic heterocycles. The van der Waals surface area contributed by atoms with E-state index in [0.29, 0.717) is 6.07 Å². The van der Waals surface area contributed by atoms with Gasteiger partial charge in [-0.3, -0.25) is 4.90 Å². The maximum atomic E-state index is 13.9. The molecular weight excluding hydrogens is 567 g/mol. The fourth-order valence-corrected chi connectivity index (χ4v) is 4.48. The average Bonchev–Trinajstić information content (AvgIpc) is 3.52. The van der Waals surface area contributed by atoms with Crippen LogP contribution in [0.5, 0.6) is 5.75 Å². The Morgan fingerprint density at radius 1 is 1.00 bits per heavy atom. The van der Waals surface area contributed by atoms with Gasteiger partial charge in [0.25, 0.3) is 0 Å². The highest BCUT2D eigenvalue weighted by Crippen LogP contribution is 2.48. The number of para-hydroxylation sites is 1. The van der Waals surface area contributed by atoms with Crippen LogP contribution < -0.4 is 4.74 Å². The summed E-state index contributed by atoms with van der Waals surface area (Å²) in [5.41, 5.74) is -4.30. The second-order valence-electron chi connectivity index (χ2n) is 10.7. The van der Waals surface area contributed by atoms with Gasteiger partial charge >= 0.3 is 30.6 Å². The standard InChI is InChI=1S/C24H27F9N2O5/c1-20(2,3)40-18(36)21(7-8-21)39-16-13(5-4-6-14(16)22(25,26)27)11-34-9-10-35(19(37)38)15(12-34)17(23(28,29)30)24(31,32)33/h4-6,15,17H,7-12H2,1-3H3,(H,37,38). The Hall–Kier alpha value is -2.91. The Bertz CT molecular complexity index is 1090. The number of benzene rings is 1. The molecule has 1 heterocycles. The van der Waals surface area contributed by atoms with Crippen molar-refractivity contribution in [2.75, 3.05) is 19.6 Å². The first-order chi connectivity index (χ1) is 18.1. The number of alkyl halides is 9. The van der Waals surface area contributed by atoms with Gasteiger partial charge in [-0.2, -0.15) is 39.5 Å². The van der Waals surface area contributed by atoms with Gasteiger partial charge in [0.15, 0.2) is 5.92 Å². The molecule has 1 aromatic carbocycles. The van der Waals surface area contributed by atoms with E-state index in [-0.39, 0.29) is 29.8 Å². The highest BCUT2D eigenvalue weighted by atomic mass is 19.4. The number of rotatable bonds is 6. The number of ether oxygens (including phenoxy) is 2. The van der Waals surface area contributed by atoms with Crippen molar-refractivity contribution in [2.24, 2.45) is 5.92 Å². The highest BCUT2D eigenvalue weighted by molar-refractivity contribution is 5.84. The van der Waals surface area contributed by atoms with Crippen molar-refractivity contribution in [3.8, 4) is 5.75 Å². The van der Waals surface area contributed by atoms with Gasteiger partial charge in [-0.1, -0.05) is 12.1 Å². The number of nitrogens with zero attached hydrogens (tertiary/aromatic N) is 2. The average molecular weight is 594 g/mol. The van der Waals surface area contributed by atoms with E-state index < -0.39 is 84.7 Å². The van der Waals surface area contributed by atoms with Crippen LogP contribution in [-0.2, 0) is 22.3 Å². The Labute approximate surface area is 222 Å². The molecule has 0 radical (unpaired) electrons. The summed E-state index contributed by atoms with van der Waals surface area (Å²) in [7, 11) is 0. The summed E-state index contributed by atoms with van der Waals surface area (Å²) >= 11 is 0. The van der Waals surface area contributed by atoms with E-state index in [2.05, 4.69) is 0 Å². The monoisotopic (exact) mass is 594 g/mol. The zero-order chi connectivity index (χ0) is 30.5. The SMILES string of the molecule is CC(C)(C)OC(=O)C1(Oc2c(CN3CCN(C(=O)O)C(C(C(F)(F)F)C(F)(F)F)C3)cccc2C(F)(F)F)CC1. The molecule has 1 unspecified atom stereocenters. The summed E-state index contributed by atoms with van der Waals surface area (Å²) < 4.78 is 133. The van der Waals surface area contributed by atoms with Crippen molar-refractivity contribution < 1.29 is 63.7 Å². The summed E-state index contributed by atoms with van der Waals surface area (Å²) in [4.78, 5) is 25.2. The topological polar surface area (TPSA) is 79.3 Å². The number of halogens is 9. The molecular formula is C24H27F9N2O5. The van der Waals surface area contributed by atoms with Crippen LogP contribution in [0.2, 0.25) is 0 Å². The van der Waals surface area contributed by atoms with E-state index >= 15 is 0 Å². The van der Waals surface area contributed by atoms with E-state index in [4.69, 9.17) is 9.47 Å². The molecule has 1 aliphatic carbocycles. The van der Waals surface area contributed by atoms with Crippen LogP contribution in [0.25, 0.3) is 0 Å². The van der Waals surface area contributed by atoms with Crippen molar-refractivity contribution >= 4 is 12.1 Å². The molecule has 2 aliphatic rings. The van der Waals surface area contributed by atoms with Gasteiger partial charge in [0.2, 0.25) is 5.60 Å². The summed E-state index contributed by atoms with van der Waals surface area (Å²) in [6, 6.07) is 0.174. The number of carboxylic acid groups (broad SMARTS) is 1. The first-order valence-electron chi connectivity index (χ1n) is 12.0. The second kappa shape index (κ2) is 10.5. The molecule has 1 atom stereocenters. The Balaban J connectivity index is 1.97. The zero-order valence-electron chi connectivity index (χ0n) is 21.5. The molecule has 1 saturated carbocycles. The molecule has 16 heteroatoms. The Morgan fingerprint density at radius 2 is 1.57 bits per heavy atom. The quantitative estimate of drug-likeness (QED) is 0.328. The Morgan fingerprint density at radius 3 is 2.02 bits per heavy atom. The van der Waals surface area contributed by atoms with Crippen LogP contribution in [-0.4, -0.2) is 76.2 Å². The minimum atomic E-state index is -5.85. The van der Waals surface area contributed by atoms with Crippen LogP contribution in [0.15, 0.2) is 18.2 Å². The number of esters is 1. The number of carbonyl (C=O) groups is 2. The molecule has 0 aromatic heterocycles. The van der Waals surface area contributed by atoms with Crippen molar-refractivity contribution in [1.29, 1.82) is 0 Å². The molecule has 1 amide bonds. The van der Waals surface area contributed by atoms with Crippen molar-refractivity contribution in [2.45, 2.75) is 75.9 Å². The van der Waals surface area contributed by atoms with E-state index in [1.165, 1.54) is 0 Å². The lowest BCUT2D eigenvalue weighted by Gasteiger charge is -2.44. The molecule has 1 N–H and O–H groups in total. The fourth-order valence-electron chi connectivity index (χ4n) is 4.48. The molecule has 0 bridgehead atoms. The van der Waals surface area contributed by atoms with Gasteiger partial charge in [0.05, 0.1) is 11.6 Å². The molecule has 2 fully saturated rings. The molecule has 0 spiro atoms. The predicted molar refractivity (Wildman–Crippen MR) is 119 cm³/mol. The second-order valence-corrected chi connectivity index (χ2v) is 10.7. The van der Waals surface area contributed by atoms with E-state index in [1.807, 2.05) is 0 Å². The minimum Gasteiger partial charge on any atom is -0.475 e. The van der Waals surface area contributed by atoms with Gasteiger partial charge < -0.3 is 19.5 Å². The third-order valence-corrected chi connectivity index (χ3v) is 6.41. The van der Waals surface area contributed by atoms with Crippen molar-refractivity contribution in [1.82, 2.24) is 9.80 Å². The van der Waals surface area contributed by atoms with Crippen LogP contribution in [0.1, 0.15) is 44.7 Å². The summed E-state index contributed by atoms with van der Waals surface area (Å²) in [5, 5.41) is 9.29. The molecule has 7 nitrogen and oxygen atoms in total. The normalized spacial score (nSPS) is 20.4. The smallest absolute Gasteiger partial charge is 0.419 e. The maximum absolute atomic E-state index is 13.9. The number of piperazine rings is 1. The molecule has 3 rings (SSSR count). The molecule has 1 saturated heterocycles. The van der Waals surface area contributed by atoms with E-state index in [0.717, 1.165) is 17.0 Å². The fraction of sp³-hybridized carbons (Fsp3) is 0.667. The third kappa shape index (κ3) is 7.23. The number of hydrogen-bond acceptors (Lipinski definition) is 5. The number of hydrogen-bond donors (Lipinski definition) is 1. The van der Waals surface area contributed by atoms with Crippen LogP contribution in [0, 0.1) is 5.92 Å². The third-order valence-electron chi connectivity index (χ3n) is 6.41. The van der Waals surface area contributed by atoms with Gasteiger partial charge in [0, 0.05) is 44.6 Å². The minimum absolute atomic E-state index is 0.0196. The van der Waals surface area contributed by atoms with Gasteiger partial charge in [-0.25, -0.2) is 9.59 Å². The Kier molecular flexibility index (Phi) is 8.29. The highest BCUT2D eigenvalue weighted by Gasteiger charge is 2.63.